The van der Waals surface area contributed by atoms with E-state index in [9.17, 15) is 4.39 Å². The molecule has 3 heteroatoms. The van der Waals surface area contributed by atoms with E-state index in [0.29, 0.717) is 0 Å². The van der Waals surface area contributed by atoms with Gasteiger partial charge in [0.1, 0.15) is 5.82 Å². The van der Waals surface area contributed by atoms with Crippen molar-refractivity contribution in [2.24, 2.45) is 5.92 Å². The molecule has 0 unspecified atom stereocenters. The summed E-state index contributed by atoms with van der Waals surface area (Å²) in [6, 6.07) is 7.16. The van der Waals surface area contributed by atoms with Crippen molar-refractivity contribution in [1.29, 1.82) is 0 Å². The molecule has 112 valence electrons. The van der Waals surface area contributed by atoms with Crippen LogP contribution in [0.25, 0.3) is 0 Å². The Hall–Kier alpha value is -0.930. The molecule has 1 saturated carbocycles. The van der Waals surface area contributed by atoms with Gasteiger partial charge in [-0.05, 0) is 49.3 Å². The van der Waals surface area contributed by atoms with Crippen molar-refractivity contribution in [2.45, 2.75) is 38.0 Å². The van der Waals surface area contributed by atoms with Crippen LogP contribution in [0.5, 0.6) is 0 Å². The van der Waals surface area contributed by atoms with Crippen molar-refractivity contribution in [3.63, 3.8) is 0 Å². The first-order chi connectivity index (χ1) is 9.66. The molecule has 0 heterocycles. The second-order valence-corrected chi connectivity index (χ2v) is 6.14. The van der Waals surface area contributed by atoms with E-state index in [4.69, 9.17) is 4.74 Å². The van der Waals surface area contributed by atoms with Gasteiger partial charge in [0.25, 0.3) is 0 Å². The van der Waals surface area contributed by atoms with Crippen molar-refractivity contribution in [1.82, 2.24) is 5.32 Å². The Labute approximate surface area is 121 Å². The predicted octanol–water partition coefficient (Wildman–Crippen LogP) is 3.51. The Morgan fingerprint density at radius 2 is 2.10 bits per heavy atom. The van der Waals surface area contributed by atoms with Crippen LogP contribution in [0.3, 0.4) is 0 Å². The topological polar surface area (TPSA) is 21.3 Å². The fourth-order valence-electron chi connectivity index (χ4n) is 3.20. The smallest absolute Gasteiger partial charge is 0.123 e. The molecule has 0 saturated heterocycles. The van der Waals surface area contributed by atoms with Crippen LogP contribution < -0.4 is 5.32 Å². The normalized spacial score (nSPS) is 26.6. The number of rotatable bonds is 6. The van der Waals surface area contributed by atoms with Crippen LogP contribution in [0.2, 0.25) is 0 Å². The molecular formula is C17H26FNO. The van der Waals surface area contributed by atoms with E-state index in [1.165, 1.54) is 18.9 Å². The summed E-state index contributed by atoms with van der Waals surface area (Å²) in [5, 5.41) is 3.48. The molecule has 2 nitrogen and oxygen atoms in total. The number of hydrogen-bond donors (Lipinski definition) is 1. The first kappa shape index (κ1) is 15.5. The molecular weight excluding hydrogens is 253 g/mol. The average Bonchev–Trinajstić information content (AvgIpc) is 2.46. The maximum Gasteiger partial charge on any atom is 0.123 e. The van der Waals surface area contributed by atoms with E-state index in [-0.39, 0.29) is 11.2 Å². The summed E-state index contributed by atoms with van der Waals surface area (Å²) in [4.78, 5) is 0. The molecule has 1 aromatic rings. The zero-order valence-corrected chi connectivity index (χ0v) is 12.6. The van der Waals surface area contributed by atoms with Crippen molar-refractivity contribution in [2.75, 3.05) is 26.8 Å². The summed E-state index contributed by atoms with van der Waals surface area (Å²) < 4.78 is 18.7. The molecule has 0 radical (unpaired) electrons. The summed E-state index contributed by atoms with van der Waals surface area (Å²) in [5.74, 6) is 0.660. The fourth-order valence-corrected chi connectivity index (χ4v) is 3.20. The molecule has 0 aliphatic heterocycles. The third kappa shape index (κ3) is 3.80. The third-order valence-electron chi connectivity index (χ3n) is 4.61. The first-order valence-corrected chi connectivity index (χ1v) is 7.62. The number of halogens is 1. The van der Waals surface area contributed by atoms with E-state index >= 15 is 0 Å². The Bertz CT molecular complexity index is 413. The van der Waals surface area contributed by atoms with Gasteiger partial charge in [0, 0.05) is 25.6 Å². The lowest BCUT2D eigenvalue weighted by Gasteiger charge is -2.40. The number of methoxy groups -OCH3 is 1. The van der Waals surface area contributed by atoms with Gasteiger partial charge in [0.05, 0.1) is 6.61 Å². The standard InChI is InChI=1S/C17H26FNO/c1-14-6-8-17(9-7-14,13-19-10-11-20-2)15-4-3-5-16(18)12-15/h3-5,12,14,19H,6-11,13H2,1-2H3. The first-order valence-electron chi connectivity index (χ1n) is 7.62. The molecule has 1 N–H and O–H groups in total. The minimum absolute atomic E-state index is 0.0857. The zero-order chi connectivity index (χ0) is 14.4. The lowest BCUT2D eigenvalue weighted by Crippen LogP contribution is -2.42. The maximum absolute atomic E-state index is 13.6. The maximum atomic E-state index is 13.6. The van der Waals surface area contributed by atoms with E-state index in [2.05, 4.69) is 18.3 Å². The third-order valence-corrected chi connectivity index (χ3v) is 4.61. The highest BCUT2D eigenvalue weighted by Crippen LogP contribution is 2.41. The molecule has 20 heavy (non-hydrogen) atoms. The van der Waals surface area contributed by atoms with Crippen molar-refractivity contribution in [3.8, 4) is 0 Å². The van der Waals surface area contributed by atoms with Crippen LogP contribution in [0.4, 0.5) is 4.39 Å². The molecule has 1 aliphatic carbocycles. The van der Waals surface area contributed by atoms with Gasteiger partial charge in [-0.3, -0.25) is 0 Å². The molecule has 1 fully saturated rings. The molecule has 0 bridgehead atoms. The van der Waals surface area contributed by atoms with Gasteiger partial charge in [0.2, 0.25) is 0 Å². The van der Waals surface area contributed by atoms with Crippen LogP contribution in [-0.2, 0) is 10.2 Å². The van der Waals surface area contributed by atoms with Gasteiger partial charge in [0.15, 0.2) is 0 Å². The minimum atomic E-state index is -0.127. The summed E-state index contributed by atoms with van der Waals surface area (Å²) >= 11 is 0. The SMILES string of the molecule is COCCNCC1(c2cccc(F)c2)CCC(C)CC1. The van der Waals surface area contributed by atoms with Crippen molar-refractivity contribution < 1.29 is 9.13 Å². The van der Waals surface area contributed by atoms with Gasteiger partial charge in [-0.25, -0.2) is 4.39 Å². The van der Waals surface area contributed by atoms with E-state index < -0.39 is 0 Å². The second kappa shape index (κ2) is 7.19. The number of benzene rings is 1. The molecule has 1 aliphatic rings. The summed E-state index contributed by atoms with van der Waals surface area (Å²) in [5.41, 5.74) is 1.23. The van der Waals surface area contributed by atoms with Crippen LogP contribution in [0.1, 0.15) is 38.2 Å². The summed E-state index contributed by atoms with van der Waals surface area (Å²) in [6.07, 6.45) is 4.72. The Morgan fingerprint density at radius 1 is 1.35 bits per heavy atom. The molecule has 0 amide bonds. The monoisotopic (exact) mass is 279 g/mol. The highest BCUT2D eigenvalue weighted by molar-refractivity contribution is 5.27. The van der Waals surface area contributed by atoms with Crippen LogP contribution in [0, 0.1) is 11.7 Å². The van der Waals surface area contributed by atoms with Crippen LogP contribution >= 0.6 is 0 Å². The summed E-state index contributed by atoms with van der Waals surface area (Å²) in [6.45, 7) is 4.79. The fraction of sp³-hybridized carbons (Fsp3) is 0.647. The quantitative estimate of drug-likeness (QED) is 0.805. The molecule has 0 aromatic heterocycles. The highest BCUT2D eigenvalue weighted by Gasteiger charge is 2.35. The summed E-state index contributed by atoms with van der Waals surface area (Å²) in [7, 11) is 1.71. The van der Waals surface area contributed by atoms with E-state index in [0.717, 1.165) is 44.0 Å². The Balaban J connectivity index is 2.11. The zero-order valence-electron chi connectivity index (χ0n) is 12.6. The Kier molecular flexibility index (Phi) is 5.55. The second-order valence-electron chi connectivity index (χ2n) is 6.14. The largest absolute Gasteiger partial charge is 0.383 e. The van der Waals surface area contributed by atoms with Crippen LogP contribution in [-0.4, -0.2) is 26.8 Å². The molecule has 0 atom stereocenters. The number of hydrogen-bond acceptors (Lipinski definition) is 2. The Morgan fingerprint density at radius 3 is 2.75 bits per heavy atom. The van der Waals surface area contributed by atoms with Crippen LogP contribution in [0.15, 0.2) is 24.3 Å². The van der Waals surface area contributed by atoms with Crippen molar-refractivity contribution in [3.05, 3.63) is 35.6 Å². The minimum Gasteiger partial charge on any atom is -0.383 e. The van der Waals surface area contributed by atoms with Gasteiger partial charge in [-0.1, -0.05) is 19.1 Å². The van der Waals surface area contributed by atoms with Gasteiger partial charge < -0.3 is 10.1 Å². The average molecular weight is 279 g/mol. The van der Waals surface area contributed by atoms with Crippen molar-refractivity contribution >= 4 is 0 Å². The van der Waals surface area contributed by atoms with Gasteiger partial charge in [-0.15, -0.1) is 0 Å². The molecule has 1 aromatic carbocycles. The molecule has 0 spiro atoms. The lowest BCUT2D eigenvalue weighted by molar-refractivity contribution is 0.187. The van der Waals surface area contributed by atoms with Gasteiger partial charge >= 0.3 is 0 Å². The van der Waals surface area contributed by atoms with E-state index in [1.54, 1.807) is 13.2 Å². The lowest BCUT2D eigenvalue weighted by atomic mass is 9.67. The number of nitrogens with one attached hydrogen (secondary N) is 1. The molecule has 2 rings (SSSR count). The number of ether oxygens (including phenoxy) is 1. The highest BCUT2D eigenvalue weighted by atomic mass is 19.1. The predicted molar refractivity (Wildman–Crippen MR) is 80.5 cm³/mol. The van der Waals surface area contributed by atoms with E-state index in [1.807, 2.05) is 6.07 Å². The van der Waals surface area contributed by atoms with Gasteiger partial charge in [-0.2, -0.15) is 0 Å².